The summed E-state index contributed by atoms with van der Waals surface area (Å²) in [7, 11) is 0. The summed E-state index contributed by atoms with van der Waals surface area (Å²) in [6.45, 7) is 0. The molecule has 3 aliphatic carbocycles. The van der Waals surface area contributed by atoms with Crippen LogP contribution in [-0.2, 0) is 6.42 Å². The first-order chi connectivity index (χ1) is 11.4. The van der Waals surface area contributed by atoms with Crippen molar-refractivity contribution < 1.29 is 0 Å². The molecular weight excluding hydrogens is 278 g/mol. The summed E-state index contributed by atoms with van der Waals surface area (Å²) in [4.78, 5) is 0. The van der Waals surface area contributed by atoms with Crippen LogP contribution in [0.15, 0.2) is 84.0 Å². The minimum atomic E-state index is 0.418. The number of hydrogen-bond donors (Lipinski definition) is 1. The molecule has 0 heterocycles. The molecule has 1 heteroatoms. The first kappa shape index (κ1) is 12.7. The summed E-state index contributed by atoms with van der Waals surface area (Å²) in [5, 5.41) is 3.59. The van der Waals surface area contributed by atoms with Gasteiger partial charge in [0, 0.05) is 22.9 Å². The normalized spacial score (nSPS) is 19.7. The van der Waals surface area contributed by atoms with Gasteiger partial charge in [0.2, 0.25) is 0 Å². The zero-order valence-corrected chi connectivity index (χ0v) is 12.8. The van der Waals surface area contributed by atoms with Crippen molar-refractivity contribution in [3.63, 3.8) is 0 Å². The number of para-hydroxylation sites is 1. The topological polar surface area (TPSA) is 12.0 Å². The van der Waals surface area contributed by atoms with E-state index in [1.54, 1.807) is 0 Å². The highest BCUT2D eigenvalue weighted by Crippen LogP contribution is 2.47. The zero-order chi connectivity index (χ0) is 15.2. The maximum Gasteiger partial charge on any atom is 0.0461 e. The lowest BCUT2D eigenvalue weighted by molar-refractivity contribution is 0.893. The third-order valence-electron chi connectivity index (χ3n) is 4.96. The molecule has 0 aromatic heterocycles. The van der Waals surface area contributed by atoms with Crippen molar-refractivity contribution in [1.29, 1.82) is 0 Å². The predicted octanol–water partition coefficient (Wildman–Crippen LogP) is 5.52. The van der Waals surface area contributed by atoms with E-state index in [0.717, 1.165) is 12.1 Å². The van der Waals surface area contributed by atoms with E-state index in [1.807, 2.05) is 6.07 Å². The zero-order valence-electron chi connectivity index (χ0n) is 12.8. The Morgan fingerprint density at radius 2 is 1.78 bits per heavy atom. The smallest absolute Gasteiger partial charge is 0.0461 e. The van der Waals surface area contributed by atoms with Crippen molar-refractivity contribution in [2.24, 2.45) is 0 Å². The van der Waals surface area contributed by atoms with Crippen LogP contribution in [0, 0.1) is 0 Å². The third kappa shape index (κ3) is 1.93. The van der Waals surface area contributed by atoms with Crippen LogP contribution in [0.4, 0.5) is 11.4 Å². The summed E-state index contributed by atoms with van der Waals surface area (Å²) in [5.41, 5.74) is 9.46. The molecule has 23 heavy (non-hydrogen) atoms. The highest BCUT2D eigenvalue weighted by atomic mass is 14.9. The molecule has 1 N–H and O–H groups in total. The van der Waals surface area contributed by atoms with Gasteiger partial charge in [-0.3, -0.25) is 0 Å². The van der Waals surface area contributed by atoms with Crippen molar-refractivity contribution in [3.05, 3.63) is 101 Å². The van der Waals surface area contributed by atoms with Gasteiger partial charge in [0.25, 0.3) is 0 Å². The first-order valence-corrected chi connectivity index (χ1v) is 8.14. The second kappa shape index (κ2) is 4.85. The molecule has 0 saturated heterocycles. The molecule has 2 aromatic rings. The number of rotatable bonds is 2. The van der Waals surface area contributed by atoms with Gasteiger partial charge in [-0.2, -0.15) is 0 Å². The molecular formula is C22H17N. The van der Waals surface area contributed by atoms with Crippen molar-refractivity contribution in [1.82, 2.24) is 0 Å². The van der Waals surface area contributed by atoms with E-state index in [1.165, 1.54) is 33.5 Å². The average molecular weight is 295 g/mol. The van der Waals surface area contributed by atoms with Gasteiger partial charge in [-0.15, -0.1) is 0 Å². The monoisotopic (exact) mass is 295 g/mol. The summed E-state index contributed by atoms with van der Waals surface area (Å²) < 4.78 is 0. The van der Waals surface area contributed by atoms with E-state index in [0.29, 0.717) is 5.92 Å². The van der Waals surface area contributed by atoms with Crippen LogP contribution in [0.1, 0.15) is 22.6 Å². The summed E-state index contributed by atoms with van der Waals surface area (Å²) in [6.07, 6.45) is 14.6. The fraction of sp³-hybridized carbons (Fsp3) is 0.0909. The van der Waals surface area contributed by atoms with Gasteiger partial charge in [0.15, 0.2) is 0 Å². The van der Waals surface area contributed by atoms with Gasteiger partial charge in [-0.25, -0.2) is 0 Å². The van der Waals surface area contributed by atoms with E-state index < -0.39 is 0 Å². The van der Waals surface area contributed by atoms with Crippen molar-refractivity contribution >= 4 is 17.5 Å². The molecule has 5 rings (SSSR count). The fourth-order valence-corrected chi connectivity index (χ4v) is 3.90. The average Bonchev–Trinajstić information content (AvgIpc) is 2.62. The Labute approximate surface area is 136 Å². The van der Waals surface area contributed by atoms with Crippen LogP contribution in [0.25, 0.3) is 6.08 Å². The minimum Gasteiger partial charge on any atom is -0.355 e. The van der Waals surface area contributed by atoms with E-state index in [2.05, 4.69) is 78.2 Å². The van der Waals surface area contributed by atoms with Gasteiger partial charge in [0.05, 0.1) is 0 Å². The molecule has 0 amide bonds. The van der Waals surface area contributed by atoms with Gasteiger partial charge in [0.1, 0.15) is 0 Å². The molecule has 110 valence electrons. The Bertz CT molecular complexity index is 910. The molecule has 0 radical (unpaired) electrons. The summed E-state index contributed by atoms with van der Waals surface area (Å²) in [5.74, 6) is 0.418. The minimum absolute atomic E-state index is 0.418. The van der Waals surface area contributed by atoms with E-state index in [4.69, 9.17) is 0 Å². The van der Waals surface area contributed by atoms with Crippen LogP contribution < -0.4 is 5.32 Å². The number of anilines is 2. The molecule has 0 bridgehead atoms. The molecule has 0 fully saturated rings. The van der Waals surface area contributed by atoms with E-state index >= 15 is 0 Å². The summed E-state index contributed by atoms with van der Waals surface area (Å²) >= 11 is 0. The van der Waals surface area contributed by atoms with Gasteiger partial charge in [-0.1, -0.05) is 60.7 Å². The third-order valence-corrected chi connectivity index (χ3v) is 4.96. The highest BCUT2D eigenvalue weighted by molar-refractivity contribution is 5.81. The van der Waals surface area contributed by atoms with E-state index in [9.17, 15) is 0 Å². The lowest BCUT2D eigenvalue weighted by atomic mass is 9.71. The van der Waals surface area contributed by atoms with Gasteiger partial charge >= 0.3 is 0 Å². The standard InChI is InChI=1S/C22H17N/c1-2-7-18(8-3-1)23-20-14-12-17-10-9-15-5-4-6-16-11-13-19(20)22(17)21(15)16/h1-9,11-14,21,23H,10H2. The molecule has 0 spiro atoms. The highest BCUT2D eigenvalue weighted by Gasteiger charge is 2.31. The van der Waals surface area contributed by atoms with Crippen LogP contribution in [0.5, 0.6) is 0 Å². The van der Waals surface area contributed by atoms with Crippen molar-refractivity contribution in [2.45, 2.75) is 12.3 Å². The predicted molar refractivity (Wildman–Crippen MR) is 97.0 cm³/mol. The summed E-state index contributed by atoms with van der Waals surface area (Å²) in [6, 6.07) is 14.9. The van der Waals surface area contributed by atoms with Crippen LogP contribution in [0.2, 0.25) is 0 Å². The number of benzene rings is 2. The Morgan fingerprint density at radius 1 is 0.870 bits per heavy atom. The number of allylic oxidation sites excluding steroid dienone is 7. The van der Waals surface area contributed by atoms with Crippen LogP contribution in [0.3, 0.4) is 0 Å². The second-order valence-electron chi connectivity index (χ2n) is 6.29. The molecule has 1 atom stereocenters. The molecule has 0 saturated carbocycles. The Hall–Kier alpha value is -2.80. The number of nitrogens with one attached hydrogen (secondary N) is 1. The lowest BCUT2D eigenvalue weighted by Gasteiger charge is -2.34. The maximum absolute atomic E-state index is 3.59. The molecule has 1 unspecified atom stereocenters. The maximum atomic E-state index is 3.59. The molecule has 1 nitrogen and oxygen atoms in total. The van der Waals surface area contributed by atoms with Crippen LogP contribution >= 0.6 is 0 Å². The Balaban J connectivity index is 1.67. The Morgan fingerprint density at radius 3 is 2.70 bits per heavy atom. The largest absolute Gasteiger partial charge is 0.355 e. The quantitative estimate of drug-likeness (QED) is 0.769. The molecule has 3 aliphatic rings. The number of hydrogen-bond acceptors (Lipinski definition) is 1. The SMILES string of the molecule is C1=CC2=CCc3ccc(Nc4ccccc4)c4c3C2C(=C1)C=C4. The Kier molecular flexibility index (Phi) is 2.68. The fourth-order valence-electron chi connectivity index (χ4n) is 3.90. The van der Waals surface area contributed by atoms with Gasteiger partial charge < -0.3 is 5.32 Å². The van der Waals surface area contributed by atoms with Crippen molar-refractivity contribution in [2.75, 3.05) is 5.32 Å². The first-order valence-electron chi connectivity index (χ1n) is 8.14. The molecule has 2 aromatic carbocycles. The van der Waals surface area contributed by atoms with Gasteiger partial charge in [-0.05, 0) is 46.9 Å². The van der Waals surface area contributed by atoms with E-state index in [-0.39, 0.29) is 0 Å². The second-order valence-corrected chi connectivity index (χ2v) is 6.29. The van der Waals surface area contributed by atoms with Crippen LogP contribution in [-0.4, -0.2) is 0 Å². The van der Waals surface area contributed by atoms with Crippen molar-refractivity contribution in [3.8, 4) is 0 Å². The lowest BCUT2D eigenvalue weighted by Crippen LogP contribution is -2.18. The molecule has 0 aliphatic heterocycles.